The molecule has 0 bridgehead atoms. The number of hydrogen-bond donors (Lipinski definition) is 1. The summed E-state index contributed by atoms with van der Waals surface area (Å²) >= 11 is 0. The van der Waals surface area contributed by atoms with E-state index in [9.17, 15) is 0 Å². The Bertz CT molecular complexity index is 226. The Morgan fingerprint density at radius 3 is 2.53 bits per heavy atom. The molecule has 2 aliphatic carbocycles. The molecule has 1 heteroatoms. The highest BCUT2D eigenvalue weighted by molar-refractivity contribution is 4.90. The summed E-state index contributed by atoms with van der Waals surface area (Å²) in [4.78, 5) is 0. The Labute approximate surface area is 108 Å². The van der Waals surface area contributed by atoms with E-state index in [4.69, 9.17) is 0 Å². The third-order valence-corrected chi connectivity index (χ3v) is 5.47. The maximum atomic E-state index is 3.80. The zero-order chi connectivity index (χ0) is 12.3. The highest BCUT2D eigenvalue weighted by atomic mass is 14.9. The fourth-order valence-electron chi connectivity index (χ4n) is 4.11. The topological polar surface area (TPSA) is 12.0 Å². The summed E-state index contributed by atoms with van der Waals surface area (Å²) in [5.74, 6) is 3.95. The highest BCUT2D eigenvalue weighted by Crippen LogP contribution is 2.43. The maximum absolute atomic E-state index is 3.80. The van der Waals surface area contributed by atoms with E-state index in [-0.39, 0.29) is 0 Å². The fraction of sp³-hybridized carbons (Fsp3) is 1.00. The van der Waals surface area contributed by atoms with Gasteiger partial charge in [-0.2, -0.15) is 0 Å². The summed E-state index contributed by atoms with van der Waals surface area (Å²) in [5.41, 5.74) is 0. The smallest absolute Gasteiger partial charge is 0.00979 e. The molecule has 0 radical (unpaired) electrons. The van der Waals surface area contributed by atoms with Gasteiger partial charge < -0.3 is 5.32 Å². The summed E-state index contributed by atoms with van der Waals surface area (Å²) < 4.78 is 0. The first-order valence-corrected chi connectivity index (χ1v) is 7.95. The van der Waals surface area contributed by atoms with Gasteiger partial charge in [0.2, 0.25) is 0 Å². The molecular formula is C16H31N. The molecule has 5 unspecified atom stereocenters. The molecule has 1 nitrogen and oxygen atoms in total. The Morgan fingerprint density at radius 2 is 1.82 bits per heavy atom. The lowest BCUT2D eigenvalue weighted by Crippen LogP contribution is -2.38. The molecule has 2 fully saturated rings. The lowest BCUT2D eigenvalue weighted by Gasteiger charge is -2.37. The van der Waals surface area contributed by atoms with Crippen LogP contribution in [0, 0.1) is 23.7 Å². The summed E-state index contributed by atoms with van der Waals surface area (Å²) in [6.07, 6.45) is 10.1. The van der Waals surface area contributed by atoms with Crippen LogP contribution in [0.3, 0.4) is 0 Å². The van der Waals surface area contributed by atoms with Crippen LogP contribution in [0.25, 0.3) is 0 Å². The van der Waals surface area contributed by atoms with Gasteiger partial charge in [-0.15, -0.1) is 0 Å². The van der Waals surface area contributed by atoms with Crippen molar-refractivity contribution in [3.05, 3.63) is 0 Å². The molecule has 2 aliphatic rings. The highest BCUT2D eigenvalue weighted by Gasteiger charge is 2.36. The van der Waals surface area contributed by atoms with Crippen molar-refractivity contribution in [2.24, 2.45) is 23.7 Å². The summed E-state index contributed by atoms with van der Waals surface area (Å²) in [5, 5.41) is 3.80. The summed E-state index contributed by atoms with van der Waals surface area (Å²) in [6.45, 7) is 8.42. The Kier molecular flexibility index (Phi) is 4.90. The zero-order valence-electron chi connectivity index (χ0n) is 12.0. The number of nitrogens with one attached hydrogen (secondary N) is 1. The van der Waals surface area contributed by atoms with E-state index in [0.717, 1.165) is 29.7 Å². The van der Waals surface area contributed by atoms with Crippen molar-refractivity contribution < 1.29 is 0 Å². The molecule has 5 atom stereocenters. The molecule has 0 saturated heterocycles. The predicted molar refractivity (Wildman–Crippen MR) is 75.1 cm³/mol. The fourth-order valence-corrected chi connectivity index (χ4v) is 4.11. The van der Waals surface area contributed by atoms with Crippen LogP contribution < -0.4 is 5.32 Å². The Morgan fingerprint density at radius 1 is 1.00 bits per heavy atom. The second-order valence-corrected chi connectivity index (χ2v) is 6.68. The largest absolute Gasteiger partial charge is 0.314 e. The van der Waals surface area contributed by atoms with Crippen molar-refractivity contribution in [1.29, 1.82) is 0 Å². The van der Waals surface area contributed by atoms with Crippen LogP contribution in [0.2, 0.25) is 0 Å². The van der Waals surface area contributed by atoms with Crippen molar-refractivity contribution >= 4 is 0 Å². The summed E-state index contributed by atoms with van der Waals surface area (Å²) in [7, 11) is 0. The van der Waals surface area contributed by atoms with E-state index in [1.54, 1.807) is 0 Å². The van der Waals surface area contributed by atoms with Gasteiger partial charge in [-0.05, 0) is 62.3 Å². The van der Waals surface area contributed by atoms with Gasteiger partial charge in [-0.3, -0.25) is 0 Å². The molecule has 17 heavy (non-hydrogen) atoms. The van der Waals surface area contributed by atoms with Crippen LogP contribution in [0.15, 0.2) is 0 Å². The lowest BCUT2D eigenvalue weighted by atomic mass is 9.70. The molecule has 2 saturated carbocycles. The van der Waals surface area contributed by atoms with Crippen molar-refractivity contribution in [1.82, 2.24) is 5.32 Å². The van der Waals surface area contributed by atoms with E-state index in [2.05, 4.69) is 26.1 Å². The Balaban J connectivity index is 1.87. The minimum absolute atomic E-state index is 0.848. The van der Waals surface area contributed by atoms with E-state index < -0.39 is 0 Å². The third-order valence-electron chi connectivity index (χ3n) is 5.47. The molecule has 100 valence electrons. The minimum Gasteiger partial charge on any atom is -0.314 e. The first kappa shape index (κ1) is 13.4. The molecular weight excluding hydrogens is 206 g/mol. The lowest BCUT2D eigenvalue weighted by molar-refractivity contribution is 0.142. The number of rotatable bonds is 4. The van der Waals surface area contributed by atoms with E-state index in [1.807, 2.05) is 0 Å². The van der Waals surface area contributed by atoms with Crippen molar-refractivity contribution in [3.63, 3.8) is 0 Å². The van der Waals surface area contributed by atoms with Gasteiger partial charge in [-0.1, -0.05) is 33.6 Å². The zero-order valence-corrected chi connectivity index (χ0v) is 12.0. The minimum atomic E-state index is 0.848. The van der Waals surface area contributed by atoms with Gasteiger partial charge in [0.1, 0.15) is 0 Å². The van der Waals surface area contributed by atoms with Gasteiger partial charge in [0.15, 0.2) is 0 Å². The molecule has 0 spiro atoms. The van der Waals surface area contributed by atoms with Crippen LogP contribution >= 0.6 is 0 Å². The maximum Gasteiger partial charge on any atom is 0.00979 e. The molecule has 0 amide bonds. The normalized spacial score (nSPS) is 42.9. The van der Waals surface area contributed by atoms with Crippen LogP contribution in [-0.4, -0.2) is 12.6 Å². The molecule has 0 aliphatic heterocycles. The second kappa shape index (κ2) is 6.22. The van der Waals surface area contributed by atoms with Crippen LogP contribution in [0.1, 0.15) is 65.7 Å². The molecule has 0 aromatic rings. The van der Waals surface area contributed by atoms with E-state index in [0.29, 0.717) is 0 Å². The van der Waals surface area contributed by atoms with Crippen LogP contribution in [0.4, 0.5) is 0 Å². The SMILES string of the molecule is CCCNC1CCCC1C1CCC(C)C(C)C1. The number of hydrogen-bond acceptors (Lipinski definition) is 1. The standard InChI is InChI=1S/C16H31N/c1-4-10-17-16-7-5-6-15(16)14-9-8-12(2)13(3)11-14/h12-17H,4-11H2,1-3H3. The quantitative estimate of drug-likeness (QED) is 0.771. The van der Waals surface area contributed by atoms with Crippen LogP contribution in [0.5, 0.6) is 0 Å². The Hall–Kier alpha value is -0.0400. The first-order valence-electron chi connectivity index (χ1n) is 7.95. The van der Waals surface area contributed by atoms with Gasteiger partial charge in [0.25, 0.3) is 0 Å². The monoisotopic (exact) mass is 237 g/mol. The first-order chi connectivity index (χ1) is 8.22. The van der Waals surface area contributed by atoms with E-state index in [1.165, 1.54) is 51.5 Å². The van der Waals surface area contributed by atoms with Gasteiger partial charge in [-0.25, -0.2) is 0 Å². The van der Waals surface area contributed by atoms with Crippen LogP contribution in [-0.2, 0) is 0 Å². The molecule has 1 N–H and O–H groups in total. The van der Waals surface area contributed by atoms with Crippen molar-refractivity contribution in [3.8, 4) is 0 Å². The van der Waals surface area contributed by atoms with Gasteiger partial charge in [0.05, 0.1) is 0 Å². The third kappa shape index (κ3) is 3.24. The molecule has 0 aromatic carbocycles. The molecule has 0 heterocycles. The van der Waals surface area contributed by atoms with Crippen molar-refractivity contribution in [2.75, 3.05) is 6.54 Å². The summed E-state index contributed by atoms with van der Waals surface area (Å²) in [6, 6.07) is 0.848. The van der Waals surface area contributed by atoms with Crippen molar-refractivity contribution in [2.45, 2.75) is 71.8 Å². The molecule has 0 aromatic heterocycles. The second-order valence-electron chi connectivity index (χ2n) is 6.68. The van der Waals surface area contributed by atoms with Gasteiger partial charge in [0, 0.05) is 6.04 Å². The average Bonchev–Trinajstić information content (AvgIpc) is 2.78. The van der Waals surface area contributed by atoms with Gasteiger partial charge >= 0.3 is 0 Å². The average molecular weight is 237 g/mol. The van der Waals surface area contributed by atoms with E-state index >= 15 is 0 Å². The molecule has 2 rings (SSSR count). The predicted octanol–water partition coefficient (Wildman–Crippen LogP) is 4.23.